The van der Waals surface area contributed by atoms with Crippen LogP contribution in [-0.2, 0) is 0 Å². The van der Waals surface area contributed by atoms with E-state index in [0.29, 0.717) is 12.1 Å². The zero-order valence-corrected chi connectivity index (χ0v) is 14.2. The molecule has 0 heterocycles. The Morgan fingerprint density at radius 2 is 1.60 bits per heavy atom. The molecule has 0 atom stereocenters. The summed E-state index contributed by atoms with van der Waals surface area (Å²) >= 11 is 2.28. The molecule has 1 aromatic carbocycles. The van der Waals surface area contributed by atoms with Gasteiger partial charge >= 0.3 is 0 Å². The summed E-state index contributed by atoms with van der Waals surface area (Å²) in [6.45, 7) is 2.33. The maximum absolute atomic E-state index is 12.9. The van der Waals surface area contributed by atoms with Crippen LogP contribution in [0.4, 0.5) is 0 Å². The Kier molecular flexibility index (Phi) is 4.34. The summed E-state index contributed by atoms with van der Waals surface area (Å²) < 4.78 is 1.07. The third-order valence-electron chi connectivity index (χ3n) is 4.66. The Bertz CT molecular complexity index is 490. The normalized spacial score (nSPS) is 26.3. The summed E-state index contributed by atoms with van der Waals surface area (Å²) in [5.41, 5.74) is 0.888. The third-order valence-corrected chi connectivity index (χ3v) is 5.60. The van der Waals surface area contributed by atoms with E-state index in [1.165, 1.54) is 38.5 Å². The molecule has 2 aliphatic rings. The number of nitrogens with zero attached hydrogens (tertiary/aromatic N) is 1. The van der Waals surface area contributed by atoms with Gasteiger partial charge in [-0.1, -0.05) is 19.1 Å². The van der Waals surface area contributed by atoms with Crippen molar-refractivity contribution < 1.29 is 4.79 Å². The van der Waals surface area contributed by atoms with E-state index in [1.807, 2.05) is 24.3 Å². The van der Waals surface area contributed by atoms with Crippen LogP contribution >= 0.6 is 22.6 Å². The molecule has 108 valence electrons. The molecule has 0 unspecified atom stereocenters. The molecule has 1 amide bonds. The number of amides is 1. The SMILES string of the molecule is CC1CCC(N(C(=O)c2ccccc2I)C2CC2)CC1. The van der Waals surface area contributed by atoms with E-state index in [-0.39, 0.29) is 5.91 Å². The number of benzene rings is 1. The van der Waals surface area contributed by atoms with E-state index in [2.05, 4.69) is 34.4 Å². The molecule has 1 aromatic rings. The van der Waals surface area contributed by atoms with Gasteiger partial charge in [0.05, 0.1) is 5.56 Å². The molecule has 0 radical (unpaired) electrons. The van der Waals surface area contributed by atoms with Crippen molar-refractivity contribution in [2.75, 3.05) is 0 Å². The molecule has 0 bridgehead atoms. The summed E-state index contributed by atoms with van der Waals surface area (Å²) in [4.78, 5) is 15.2. The summed E-state index contributed by atoms with van der Waals surface area (Å²) in [5, 5.41) is 0. The maximum Gasteiger partial charge on any atom is 0.255 e. The van der Waals surface area contributed by atoms with Crippen LogP contribution in [0.5, 0.6) is 0 Å². The monoisotopic (exact) mass is 383 g/mol. The van der Waals surface area contributed by atoms with Gasteiger partial charge < -0.3 is 4.90 Å². The molecule has 0 aromatic heterocycles. The molecule has 3 heteroatoms. The lowest BCUT2D eigenvalue weighted by Gasteiger charge is -2.36. The van der Waals surface area contributed by atoms with Crippen LogP contribution < -0.4 is 0 Å². The van der Waals surface area contributed by atoms with Crippen molar-refractivity contribution in [1.29, 1.82) is 0 Å². The summed E-state index contributed by atoms with van der Waals surface area (Å²) in [5.74, 6) is 1.09. The van der Waals surface area contributed by atoms with E-state index in [4.69, 9.17) is 0 Å². The highest BCUT2D eigenvalue weighted by Crippen LogP contribution is 2.36. The van der Waals surface area contributed by atoms with Crippen molar-refractivity contribution in [3.8, 4) is 0 Å². The third kappa shape index (κ3) is 3.02. The van der Waals surface area contributed by atoms with Crippen molar-refractivity contribution in [1.82, 2.24) is 4.90 Å². The minimum Gasteiger partial charge on any atom is -0.333 e. The van der Waals surface area contributed by atoms with E-state index in [0.717, 1.165) is 15.1 Å². The highest BCUT2D eigenvalue weighted by molar-refractivity contribution is 14.1. The number of carbonyl (C=O) groups excluding carboxylic acids is 1. The van der Waals surface area contributed by atoms with E-state index < -0.39 is 0 Å². The molecule has 2 nitrogen and oxygen atoms in total. The Morgan fingerprint density at radius 1 is 1.05 bits per heavy atom. The van der Waals surface area contributed by atoms with E-state index in [1.54, 1.807) is 0 Å². The Labute approximate surface area is 135 Å². The fourth-order valence-electron chi connectivity index (χ4n) is 3.28. The van der Waals surface area contributed by atoms with Crippen molar-refractivity contribution in [3.63, 3.8) is 0 Å². The lowest BCUT2D eigenvalue weighted by Crippen LogP contribution is -2.44. The molecular formula is C17H22INO. The Hall–Kier alpha value is -0.580. The average molecular weight is 383 g/mol. The molecule has 2 saturated carbocycles. The molecule has 0 aliphatic heterocycles. The van der Waals surface area contributed by atoms with Crippen LogP contribution in [0, 0.1) is 9.49 Å². The molecule has 0 saturated heterocycles. The highest BCUT2D eigenvalue weighted by atomic mass is 127. The van der Waals surface area contributed by atoms with E-state index in [9.17, 15) is 4.79 Å². The summed E-state index contributed by atoms with van der Waals surface area (Å²) in [6.07, 6.45) is 7.31. The summed E-state index contributed by atoms with van der Waals surface area (Å²) in [7, 11) is 0. The Morgan fingerprint density at radius 3 is 2.15 bits per heavy atom. The Balaban J connectivity index is 1.80. The van der Waals surface area contributed by atoms with Crippen molar-refractivity contribution in [2.24, 2.45) is 5.92 Å². The average Bonchev–Trinajstić information content (AvgIpc) is 3.26. The smallest absolute Gasteiger partial charge is 0.255 e. The maximum atomic E-state index is 12.9. The van der Waals surface area contributed by atoms with Crippen molar-refractivity contribution in [2.45, 2.75) is 57.5 Å². The number of hydrogen-bond acceptors (Lipinski definition) is 1. The fourth-order valence-corrected chi connectivity index (χ4v) is 3.89. The van der Waals surface area contributed by atoms with Gasteiger partial charge in [0.2, 0.25) is 0 Å². The molecule has 3 rings (SSSR count). The largest absolute Gasteiger partial charge is 0.333 e. The second kappa shape index (κ2) is 6.04. The minimum atomic E-state index is 0.261. The zero-order chi connectivity index (χ0) is 14.1. The first kappa shape index (κ1) is 14.4. The number of hydrogen-bond donors (Lipinski definition) is 0. The fraction of sp³-hybridized carbons (Fsp3) is 0.588. The van der Waals surface area contributed by atoms with Gasteiger partial charge in [0.1, 0.15) is 0 Å². The highest BCUT2D eigenvalue weighted by Gasteiger charge is 2.39. The van der Waals surface area contributed by atoms with Crippen LogP contribution in [0.3, 0.4) is 0 Å². The van der Waals surface area contributed by atoms with Crippen molar-refractivity contribution in [3.05, 3.63) is 33.4 Å². The molecule has 2 fully saturated rings. The quantitative estimate of drug-likeness (QED) is 0.706. The first-order valence-corrected chi connectivity index (χ1v) is 8.82. The molecule has 0 spiro atoms. The molecule has 20 heavy (non-hydrogen) atoms. The van der Waals surface area contributed by atoms with Gasteiger partial charge in [0.25, 0.3) is 5.91 Å². The van der Waals surface area contributed by atoms with Gasteiger partial charge in [-0.25, -0.2) is 0 Å². The minimum absolute atomic E-state index is 0.261. The molecule has 2 aliphatic carbocycles. The van der Waals surface area contributed by atoms with Crippen LogP contribution in [0.1, 0.15) is 55.8 Å². The number of carbonyl (C=O) groups is 1. The second-order valence-electron chi connectivity index (χ2n) is 6.34. The topological polar surface area (TPSA) is 20.3 Å². The van der Waals surface area contributed by atoms with Crippen molar-refractivity contribution >= 4 is 28.5 Å². The van der Waals surface area contributed by atoms with Crippen LogP contribution in [0.2, 0.25) is 0 Å². The lowest BCUT2D eigenvalue weighted by molar-refractivity contribution is 0.0592. The predicted molar refractivity (Wildman–Crippen MR) is 89.8 cm³/mol. The van der Waals surface area contributed by atoms with Crippen LogP contribution in [0.15, 0.2) is 24.3 Å². The first-order valence-electron chi connectivity index (χ1n) is 7.74. The van der Waals surface area contributed by atoms with Gasteiger partial charge in [-0.3, -0.25) is 4.79 Å². The zero-order valence-electron chi connectivity index (χ0n) is 12.0. The predicted octanol–water partition coefficient (Wildman–Crippen LogP) is 4.47. The first-order chi connectivity index (χ1) is 9.66. The van der Waals surface area contributed by atoms with Crippen LogP contribution in [0.25, 0.3) is 0 Å². The van der Waals surface area contributed by atoms with Crippen LogP contribution in [-0.4, -0.2) is 22.9 Å². The summed E-state index contributed by atoms with van der Waals surface area (Å²) in [6, 6.07) is 8.97. The number of halogens is 1. The molecular weight excluding hydrogens is 361 g/mol. The standard InChI is InChI=1S/C17H22INO/c1-12-6-8-13(9-7-12)19(14-10-11-14)17(20)15-4-2-3-5-16(15)18/h2-5,12-14H,6-11H2,1H3. The molecule has 0 N–H and O–H groups in total. The van der Waals surface area contributed by atoms with Gasteiger partial charge in [-0.15, -0.1) is 0 Å². The van der Waals surface area contributed by atoms with Gasteiger partial charge in [-0.05, 0) is 79.2 Å². The van der Waals surface area contributed by atoms with Gasteiger partial charge in [0, 0.05) is 15.7 Å². The number of rotatable bonds is 3. The van der Waals surface area contributed by atoms with Gasteiger partial charge in [0.15, 0.2) is 0 Å². The second-order valence-corrected chi connectivity index (χ2v) is 7.50. The lowest BCUT2D eigenvalue weighted by atomic mass is 9.86. The van der Waals surface area contributed by atoms with E-state index >= 15 is 0 Å². The van der Waals surface area contributed by atoms with Gasteiger partial charge in [-0.2, -0.15) is 0 Å².